The molecule has 1 spiro atoms. The summed E-state index contributed by atoms with van der Waals surface area (Å²) in [4.78, 5) is 41.5. The van der Waals surface area contributed by atoms with Gasteiger partial charge in [0.05, 0.1) is 17.5 Å². The van der Waals surface area contributed by atoms with Crippen LogP contribution < -0.4 is 0 Å². The molecule has 6 rings (SSSR count). The largest absolute Gasteiger partial charge is 0.449 e. The molecule has 0 bridgehead atoms. The van der Waals surface area contributed by atoms with Crippen LogP contribution in [0.4, 0.5) is 0 Å². The van der Waals surface area contributed by atoms with Crippen LogP contribution in [0.3, 0.4) is 0 Å². The fourth-order valence-electron chi connectivity index (χ4n) is 6.26. The van der Waals surface area contributed by atoms with Gasteiger partial charge < -0.3 is 14.5 Å². The molecule has 0 unspecified atom stereocenters. The van der Waals surface area contributed by atoms with Gasteiger partial charge in [-0.3, -0.25) is 9.59 Å². The van der Waals surface area contributed by atoms with Crippen LogP contribution in [0.2, 0.25) is 0 Å². The maximum atomic E-state index is 13.7. The zero-order valence-corrected chi connectivity index (χ0v) is 19.6. The number of rotatable bonds is 3. The first-order valence-electron chi connectivity index (χ1n) is 12.4. The number of ether oxygens (including phenoxy) is 1. The molecule has 0 aromatic heterocycles. The first-order valence-corrected chi connectivity index (χ1v) is 12.4. The van der Waals surface area contributed by atoms with E-state index in [0.29, 0.717) is 31.0 Å². The summed E-state index contributed by atoms with van der Waals surface area (Å²) in [6.45, 7) is 4.31. The van der Waals surface area contributed by atoms with Crippen molar-refractivity contribution in [1.29, 1.82) is 0 Å². The third-order valence-corrected chi connectivity index (χ3v) is 8.48. The van der Waals surface area contributed by atoms with E-state index in [4.69, 9.17) is 4.74 Å². The van der Waals surface area contributed by atoms with E-state index in [1.807, 2.05) is 34.1 Å². The van der Waals surface area contributed by atoms with Crippen LogP contribution in [0.15, 0.2) is 48.5 Å². The van der Waals surface area contributed by atoms with E-state index >= 15 is 0 Å². The third-order valence-electron chi connectivity index (χ3n) is 8.48. The van der Waals surface area contributed by atoms with Crippen LogP contribution in [-0.4, -0.2) is 53.8 Å². The Morgan fingerprint density at radius 2 is 1.62 bits per heavy atom. The van der Waals surface area contributed by atoms with Gasteiger partial charge in [0.1, 0.15) is 0 Å². The molecule has 3 fully saturated rings. The molecule has 1 atom stereocenters. The number of carbonyl (C=O) groups is 3. The molecule has 2 amide bonds. The summed E-state index contributed by atoms with van der Waals surface area (Å²) >= 11 is 0. The normalized spacial score (nSPS) is 25.4. The maximum absolute atomic E-state index is 13.7. The fourth-order valence-corrected chi connectivity index (χ4v) is 6.26. The highest BCUT2D eigenvalue weighted by molar-refractivity contribution is 5.96. The highest BCUT2D eigenvalue weighted by atomic mass is 16.6. The number of benzene rings is 2. The smallest absolute Gasteiger partial charge is 0.339 e. The summed E-state index contributed by atoms with van der Waals surface area (Å²) in [5.41, 5.74) is 2.79. The van der Waals surface area contributed by atoms with Crippen molar-refractivity contribution >= 4 is 17.8 Å². The predicted molar refractivity (Wildman–Crippen MR) is 126 cm³/mol. The van der Waals surface area contributed by atoms with Gasteiger partial charge in [0.2, 0.25) is 11.8 Å². The molecule has 176 valence electrons. The summed E-state index contributed by atoms with van der Waals surface area (Å²) in [5, 5.41) is 0. The van der Waals surface area contributed by atoms with Crippen molar-refractivity contribution in [1.82, 2.24) is 9.80 Å². The van der Waals surface area contributed by atoms with E-state index in [2.05, 4.69) is 24.3 Å². The third kappa shape index (κ3) is 3.26. The van der Waals surface area contributed by atoms with Crippen LogP contribution in [0.1, 0.15) is 72.0 Å². The Balaban J connectivity index is 1.16. The average Bonchev–Trinajstić information content (AvgIpc) is 3.50. The summed E-state index contributed by atoms with van der Waals surface area (Å²) < 4.78 is 5.85. The van der Waals surface area contributed by atoms with Crippen molar-refractivity contribution in [2.75, 3.05) is 26.2 Å². The van der Waals surface area contributed by atoms with Crippen LogP contribution >= 0.6 is 0 Å². The minimum atomic E-state index is -0.696. The number of piperidine rings is 1. The van der Waals surface area contributed by atoms with E-state index in [1.54, 1.807) is 6.92 Å². The number of carbonyl (C=O) groups excluding carboxylic acids is 3. The first kappa shape index (κ1) is 21.4. The lowest BCUT2D eigenvalue weighted by Crippen LogP contribution is -2.40. The van der Waals surface area contributed by atoms with Crippen molar-refractivity contribution in [3.8, 4) is 0 Å². The molecule has 34 heavy (non-hydrogen) atoms. The van der Waals surface area contributed by atoms with Crippen molar-refractivity contribution in [3.05, 3.63) is 70.8 Å². The quantitative estimate of drug-likeness (QED) is 0.658. The summed E-state index contributed by atoms with van der Waals surface area (Å²) in [6.07, 6.45) is 4.34. The van der Waals surface area contributed by atoms with E-state index < -0.39 is 11.0 Å². The van der Waals surface area contributed by atoms with E-state index in [-0.39, 0.29) is 17.8 Å². The minimum Gasteiger partial charge on any atom is -0.449 e. The minimum absolute atomic E-state index is 0.155. The van der Waals surface area contributed by atoms with Crippen LogP contribution in [-0.2, 0) is 25.3 Å². The van der Waals surface area contributed by atoms with Gasteiger partial charge in [0.25, 0.3) is 0 Å². The average molecular weight is 459 g/mol. The van der Waals surface area contributed by atoms with Crippen molar-refractivity contribution < 1.29 is 19.1 Å². The molecule has 0 radical (unpaired) electrons. The molecular formula is C28H30N2O4. The zero-order valence-electron chi connectivity index (χ0n) is 19.6. The molecule has 2 saturated heterocycles. The van der Waals surface area contributed by atoms with Crippen LogP contribution in [0.5, 0.6) is 0 Å². The van der Waals surface area contributed by atoms with Gasteiger partial charge in [0.15, 0.2) is 5.60 Å². The number of nitrogens with zero attached hydrogens (tertiary/aromatic N) is 2. The summed E-state index contributed by atoms with van der Waals surface area (Å²) in [7, 11) is 0. The number of hydrogen-bond donors (Lipinski definition) is 0. The Kier molecular flexibility index (Phi) is 4.84. The summed E-state index contributed by atoms with van der Waals surface area (Å²) in [6, 6.07) is 16.2. The Hall–Kier alpha value is -3.15. The van der Waals surface area contributed by atoms with Gasteiger partial charge in [-0.05, 0) is 48.8 Å². The first-order chi connectivity index (χ1) is 16.4. The van der Waals surface area contributed by atoms with Gasteiger partial charge in [-0.25, -0.2) is 4.79 Å². The van der Waals surface area contributed by atoms with Crippen LogP contribution in [0, 0.1) is 0 Å². The number of fused-ring (bicyclic) bond motifs is 2. The van der Waals surface area contributed by atoms with Crippen LogP contribution in [0.25, 0.3) is 0 Å². The second-order valence-electron chi connectivity index (χ2n) is 10.4. The monoisotopic (exact) mass is 458 g/mol. The second kappa shape index (κ2) is 7.69. The molecule has 2 aromatic rings. The maximum Gasteiger partial charge on any atom is 0.339 e. The number of amides is 2. The van der Waals surface area contributed by atoms with Gasteiger partial charge in [0, 0.05) is 38.5 Å². The predicted octanol–water partition coefficient (Wildman–Crippen LogP) is 3.74. The van der Waals surface area contributed by atoms with Crippen molar-refractivity contribution in [2.24, 2.45) is 0 Å². The zero-order chi connectivity index (χ0) is 23.5. The molecule has 4 aliphatic rings. The molecular weight excluding hydrogens is 428 g/mol. The molecule has 1 saturated carbocycles. The standard InChI is InChI=1S/C28H30N2O4/c1-19(31)29-15-10-21(11-16-29)20-6-8-22(9-7-20)27(12-13-27)26(33)30-17-14-28(18-30)24-5-3-2-4-23(24)25(32)34-28/h2-9,21H,10-18H2,1H3/t28-/m0/s1. The molecule has 3 aliphatic heterocycles. The Morgan fingerprint density at radius 3 is 2.29 bits per heavy atom. The molecule has 6 heteroatoms. The van der Waals surface area contributed by atoms with Crippen molar-refractivity contribution in [3.63, 3.8) is 0 Å². The summed E-state index contributed by atoms with van der Waals surface area (Å²) in [5.74, 6) is 0.497. The topological polar surface area (TPSA) is 66.9 Å². The lowest BCUT2D eigenvalue weighted by Gasteiger charge is -2.31. The van der Waals surface area contributed by atoms with E-state index in [1.165, 1.54) is 5.56 Å². The molecule has 3 heterocycles. The Labute approximate surface area is 199 Å². The number of likely N-dealkylation sites (tertiary alicyclic amines) is 2. The van der Waals surface area contributed by atoms with Gasteiger partial charge in [-0.2, -0.15) is 0 Å². The highest BCUT2D eigenvalue weighted by Gasteiger charge is 2.57. The Morgan fingerprint density at radius 1 is 0.912 bits per heavy atom. The SMILES string of the molecule is CC(=O)N1CCC(c2ccc(C3(C(=O)N4CC[C@@]5(C4)OC(=O)c4ccccc45)CC3)cc2)CC1. The molecule has 6 nitrogen and oxygen atoms in total. The number of hydrogen-bond acceptors (Lipinski definition) is 4. The van der Waals surface area contributed by atoms with E-state index in [9.17, 15) is 14.4 Å². The van der Waals surface area contributed by atoms with Gasteiger partial charge in [-0.1, -0.05) is 42.5 Å². The highest BCUT2D eigenvalue weighted by Crippen LogP contribution is 2.52. The molecule has 1 aliphatic carbocycles. The van der Waals surface area contributed by atoms with Gasteiger partial charge >= 0.3 is 5.97 Å². The lowest BCUT2D eigenvalue weighted by atomic mass is 9.86. The second-order valence-corrected chi connectivity index (χ2v) is 10.4. The lowest BCUT2D eigenvalue weighted by molar-refractivity contribution is -0.134. The number of esters is 1. The molecule has 2 aromatic carbocycles. The Bertz CT molecular complexity index is 1160. The molecule has 0 N–H and O–H groups in total. The van der Waals surface area contributed by atoms with Gasteiger partial charge in [-0.15, -0.1) is 0 Å². The van der Waals surface area contributed by atoms with Crippen molar-refractivity contribution in [2.45, 2.75) is 56.0 Å². The van der Waals surface area contributed by atoms with E-state index in [0.717, 1.165) is 49.9 Å². The fraction of sp³-hybridized carbons (Fsp3) is 0.464.